The van der Waals surface area contributed by atoms with Gasteiger partial charge in [-0.05, 0) is 50.8 Å². The predicted octanol–water partition coefficient (Wildman–Crippen LogP) is 3.40. The maximum absolute atomic E-state index is 12.7. The Morgan fingerprint density at radius 1 is 1.27 bits per heavy atom. The van der Waals surface area contributed by atoms with Crippen LogP contribution in [0.1, 0.15) is 44.6 Å². The van der Waals surface area contributed by atoms with Crippen LogP contribution in [0.2, 0.25) is 5.02 Å². The molecule has 26 heavy (non-hydrogen) atoms. The van der Waals surface area contributed by atoms with Crippen molar-refractivity contribution in [3.8, 4) is 0 Å². The molecule has 0 aromatic heterocycles. The van der Waals surface area contributed by atoms with Crippen molar-refractivity contribution < 1.29 is 19.1 Å². The van der Waals surface area contributed by atoms with Crippen LogP contribution in [0.5, 0.6) is 0 Å². The standard InChI is InChI=1S/C20H26ClNO4/c1-4-26-19(23)12(2)22-15-9-10-17(22)18(20(24)25-3)16(11-15)13-5-7-14(21)8-6-13/h5-8,12,15-18H,4,9-11H2,1-3H3/t12?,15-,16+,17+,18+/m0/s1. The number of rotatable bonds is 5. The van der Waals surface area contributed by atoms with Crippen LogP contribution in [0, 0.1) is 5.92 Å². The molecule has 6 heteroatoms. The lowest BCUT2D eigenvalue weighted by Gasteiger charge is -2.45. The van der Waals surface area contributed by atoms with Crippen molar-refractivity contribution in [2.75, 3.05) is 13.7 Å². The van der Waals surface area contributed by atoms with Gasteiger partial charge in [0.25, 0.3) is 0 Å². The summed E-state index contributed by atoms with van der Waals surface area (Å²) in [5.74, 6) is -0.658. The van der Waals surface area contributed by atoms with Crippen LogP contribution >= 0.6 is 11.6 Å². The molecule has 3 rings (SSSR count). The molecule has 0 radical (unpaired) electrons. The minimum atomic E-state index is -0.356. The number of carbonyl (C=O) groups excluding carboxylic acids is 2. The summed E-state index contributed by atoms with van der Waals surface area (Å²) < 4.78 is 10.4. The Kier molecular flexibility index (Phi) is 5.88. The average molecular weight is 380 g/mol. The second-order valence-electron chi connectivity index (χ2n) is 7.12. The molecule has 1 aromatic rings. The monoisotopic (exact) mass is 379 g/mol. The number of nitrogens with zero attached hydrogens (tertiary/aromatic N) is 1. The average Bonchev–Trinajstić information content (AvgIpc) is 2.94. The molecule has 2 aliphatic heterocycles. The lowest BCUT2D eigenvalue weighted by Crippen LogP contribution is -2.56. The van der Waals surface area contributed by atoms with E-state index in [9.17, 15) is 9.59 Å². The molecule has 5 atom stereocenters. The Morgan fingerprint density at radius 2 is 1.96 bits per heavy atom. The predicted molar refractivity (Wildman–Crippen MR) is 99.1 cm³/mol. The molecular weight excluding hydrogens is 354 g/mol. The molecule has 0 saturated carbocycles. The van der Waals surface area contributed by atoms with Gasteiger partial charge in [-0.2, -0.15) is 0 Å². The molecule has 2 saturated heterocycles. The molecule has 2 fully saturated rings. The lowest BCUT2D eigenvalue weighted by atomic mass is 9.75. The van der Waals surface area contributed by atoms with E-state index in [-0.39, 0.29) is 41.9 Å². The summed E-state index contributed by atoms with van der Waals surface area (Å²) in [6, 6.07) is 7.61. The van der Waals surface area contributed by atoms with Gasteiger partial charge in [-0.25, -0.2) is 0 Å². The van der Waals surface area contributed by atoms with Gasteiger partial charge in [0.2, 0.25) is 0 Å². The highest BCUT2D eigenvalue weighted by Crippen LogP contribution is 2.48. The van der Waals surface area contributed by atoms with Crippen LogP contribution in [0.4, 0.5) is 0 Å². The number of methoxy groups -OCH3 is 1. The van der Waals surface area contributed by atoms with E-state index in [2.05, 4.69) is 4.90 Å². The summed E-state index contributed by atoms with van der Waals surface area (Å²) in [7, 11) is 1.43. The van der Waals surface area contributed by atoms with Gasteiger partial charge in [-0.15, -0.1) is 0 Å². The summed E-state index contributed by atoms with van der Waals surface area (Å²) in [4.78, 5) is 27.2. The van der Waals surface area contributed by atoms with E-state index in [0.717, 1.165) is 24.8 Å². The molecule has 2 heterocycles. The van der Waals surface area contributed by atoms with Crippen LogP contribution in [-0.2, 0) is 19.1 Å². The fourth-order valence-electron chi connectivity index (χ4n) is 4.74. The second-order valence-corrected chi connectivity index (χ2v) is 7.55. The van der Waals surface area contributed by atoms with Crippen molar-refractivity contribution in [3.63, 3.8) is 0 Å². The Labute approximate surface area is 159 Å². The van der Waals surface area contributed by atoms with Crippen molar-refractivity contribution in [2.45, 2.75) is 57.2 Å². The zero-order valence-corrected chi connectivity index (χ0v) is 16.2. The summed E-state index contributed by atoms with van der Waals surface area (Å²) >= 11 is 6.02. The highest BCUT2D eigenvalue weighted by Gasteiger charge is 2.53. The molecule has 1 aromatic carbocycles. The number of fused-ring (bicyclic) bond motifs is 2. The van der Waals surface area contributed by atoms with Gasteiger partial charge in [-0.1, -0.05) is 23.7 Å². The summed E-state index contributed by atoms with van der Waals surface area (Å²) in [6.45, 7) is 4.05. The molecule has 5 nitrogen and oxygen atoms in total. The fourth-order valence-corrected chi connectivity index (χ4v) is 4.87. The van der Waals surface area contributed by atoms with Gasteiger partial charge in [0.05, 0.1) is 19.6 Å². The number of hydrogen-bond acceptors (Lipinski definition) is 5. The molecule has 2 aliphatic rings. The molecule has 0 spiro atoms. The molecule has 0 aliphatic carbocycles. The SMILES string of the molecule is CCOC(=O)C(C)N1[C@H]2CC[C@@H]1[C@H](C(=O)OC)[C@@H](c1ccc(Cl)cc1)C2. The maximum Gasteiger partial charge on any atom is 0.323 e. The summed E-state index contributed by atoms with van der Waals surface area (Å²) in [6.07, 6.45) is 2.69. The highest BCUT2D eigenvalue weighted by molar-refractivity contribution is 6.30. The Hall–Kier alpha value is -1.59. The summed E-state index contributed by atoms with van der Waals surface area (Å²) in [5.41, 5.74) is 1.10. The van der Waals surface area contributed by atoms with Crippen molar-refractivity contribution in [1.82, 2.24) is 4.90 Å². The van der Waals surface area contributed by atoms with Gasteiger partial charge in [-0.3, -0.25) is 14.5 Å². The Morgan fingerprint density at radius 3 is 2.58 bits per heavy atom. The Bertz CT molecular complexity index is 662. The first-order valence-electron chi connectivity index (χ1n) is 9.25. The fraction of sp³-hybridized carbons (Fsp3) is 0.600. The highest BCUT2D eigenvalue weighted by atomic mass is 35.5. The zero-order valence-electron chi connectivity index (χ0n) is 15.5. The van der Waals surface area contributed by atoms with E-state index < -0.39 is 0 Å². The van der Waals surface area contributed by atoms with Gasteiger partial charge < -0.3 is 9.47 Å². The number of ether oxygens (including phenoxy) is 2. The van der Waals surface area contributed by atoms with Crippen LogP contribution < -0.4 is 0 Å². The quantitative estimate of drug-likeness (QED) is 0.734. The van der Waals surface area contributed by atoms with E-state index in [1.165, 1.54) is 7.11 Å². The topological polar surface area (TPSA) is 55.8 Å². The lowest BCUT2D eigenvalue weighted by molar-refractivity contribution is -0.158. The first-order valence-corrected chi connectivity index (χ1v) is 9.63. The number of halogens is 1. The third-order valence-corrected chi connectivity index (χ3v) is 6.07. The van der Waals surface area contributed by atoms with Gasteiger partial charge in [0.1, 0.15) is 6.04 Å². The largest absolute Gasteiger partial charge is 0.469 e. The molecule has 142 valence electrons. The molecule has 0 N–H and O–H groups in total. The third kappa shape index (κ3) is 3.47. The maximum atomic E-state index is 12.7. The van der Waals surface area contributed by atoms with E-state index >= 15 is 0 Å². The van der Waals surface area contributed by atoms with E-state index in [1.54, 1.807) is 0 Å². The molecule has 0 amide bonds. The third-order valence-electron chi connectivity index (χ3n) is 5.82. The van der Waals surface area contributed by atoms with E-state index in [1.807, 2.05) is 38.1 Å². The normalized spacial score (nSPS) is 29.2. The second kappa shape index (κ2) is 7.97. The smallest absolute Gasteiger partial charge is 0.323 e. The van der Waals surface area contributed by atoms with Crippen LogP contribution in [0.15, 0.2) is 24.3 Å². The van der Waals surface area contributed by atoms with Crippen LogP contribution in [0.3, 0.4) is 0 Å². The van der Waals surface area contributed by atoms with Crippen LogP contribution in [-0.4, -0.2) is 48.7 Å². The molecular formula is C20H26ClNO4. The van der Waals surface area contributed by atoms with Crippen molar-refractivity contribution in [3.05, 3.63) is 34.9 Å². The van der Waals surface area contributed by atoms with Gasteiger partial charge in [0.15, 0.2) is 0 Å². The number of benzene rings is 1. The molecule has 1 unspecified atom stereocenters. The number of piperidine rings is 1. The number of hydrogen-bond donors (Lipinski definition) is 0. The van der Waals surface area contributed by atoms with E-state index in [0.29, 0.717) is 11.6 Å². The minimum absolute atomic E-state index is 0.0127. The first-order chi connectivity index (χ1) is 12.5. The van der Waals surface area contributed by atoms with Gasteiger partial charge in [0, 0.05) is 23.0 Å². The first kappa shape index (κ1) is 19.2. The summed E-state index contributed by atoms with van der Waals surface area (Å²) in [5, 5.41) is 0.680. The minimum Gasteiger partial charge on any atom is -0.469 e. The van der Waals surface area contributed by atoms with Crippen molar-refractivity contribution in [2.24, 2.45) is 5.92 Å². The van der Waals surface area contributed by atoms with Crippen LogP contribution in [0.25, 0.3) is 0 Å². The Balaban J connectivity index is 1.91. The van der Waals surface area contributed by atoms with Gasteiger partial charge >= 0.3 is 11.9 Å². The zero-order chi connectivity index (χ0) is 18.8. The molecule has 2 bridgehead atoms. The van der Waals surface area contributed by atoms with E-state index in [4.69, 9.17) is 21.1 Å². The van der Waals surface area contributed by atoms with Crippen molar-refractivity contribution in [1.29, 1.82) is 0 Å². The van der Waals surface area contributed by atoms with Crippen molar-refractivity contribution >= 4 is 23.5 Å². The number of esters is 2. The number of carbonyl (C=O) groups is 2.